The van der Waals surface area contributed by atoms with Gasteiger partial charge in [-0.05, 0) is 95.5 Å². The third kappa shape index (κ3) is 6.51. The number of carbonyl (C=O) groups is 1. The minimum absolute atomic E-state index is 0.0584. The molecule has 1 unspecified atom stereocenters. The number of hydrogen-bond acceptors (Lipinski definition) is 3. The summed E-state index contributed by atoms with van der Waals surface area (Å²) in [5.74, 6) is 0. The Bertz CT molecular complexity index is 1200. The second-order valence-corrected chi connectivity index (χ2v) is 11.5. The van der Waals surface area contributed by atoms with E-state index in [0.29, 0.717) is 6.47 Å². The molecule has 0 heterocycles. The molecule has 0 amide bonds. The fourth-order valence-electron chi connectivity index (χ4n) is 5.48. The molecule has 1 N–H and O–H groups in total. The van der Waals surface area contributed by atoms with Crippen LogP contribution < -0.4 is 0 Å². The Morgan fingerprint density at radius 1 is 0.892 bits per heavy atom. The minimum Gasteiger partial charge on any atom is -0.463 e. The summed E-state index contributed by atoms with van der Waals surface area (Å²) >= 11 is 0. The molecule has 1 atom stereocenters. The van der Waals surface area contributed by atoms with E-state index in [4.69, 9.17) is 4.74 Å². The van der Waals surface area contributed by atoms with Gasteiger partial charge in [0.05, 0.1) is 6.10 Å². The average Bonchev–Trinajstić information content (AvgIpc) is 2.87. The molecule has 3 rings (SSSR count). The van der Waals surface area contributed by atoms with Crippen LogP contribution in [0, 0.1) is 19.3 Å². The predicted octanol–water partition coefficient (Wildman–Crippen LogP) is 8.09. The Hall–Kier alpha value is -2.91. The molecule has 3 aromatic rings. The van der Waals surface area contributed by atoms with Gasteiger partial charge in [0.25, 0.3) is 6.47 Å². The molecule has 0 spiro atoms. The zero-order chi connectivity index (χ0) is 27.2. The summed E-state index contributed by atoms with van der Waals surface area (Å²) in [6.45, 7) is 16.0. The molecular weight excluding hydrogens is 456 g/mol. The summed E-state index contributed by atoms with van der Waals surface area (Å²) in [5, 5.41) is 10.5. The van der Waals surface area contributed by atoms with Crippen molar-refractivity contribution in [3.8, 4) is 11.1 Å². The van der Waals surface area contributed by atoms with Crippen molar-refractivity contribution in [1.82, 2.24) is 0 Å². The van der Waals surface area contributed by atoms with Crippen LogP contribution >= 0.6 is 0 Å². The summed E-state index contributed by atoms with van der Waals surface area (Å²) < 4.78 is 4.95. The molecule has 3 heteroatoms. The van der Waals surface area contributed by atoms with Crippen LogP contribution in [0.2, 0.25) is 0 Å². The van der Waals surface area contributed by atoms with Crippen LogP contribution in [0.4, 0.5) is 0 Å². The fraction of sp³-hybridized carbons (Fsp3) is 0.441. The van der Waals surface area contributed by atoms with Crippen molar-refractivity contribution < 1.29 is 14.6 Å². The van der Waals surface area contributed by atoms with Crippen LogP contribution in [0.25, 0.3) is 11.1 Å². The monoisotopic (exact) mass is 500 g/mol. The Morgan fingerprint density at radius 2 is 1.54 bits per heavy atom. The maximum Gasteiger partial charge on any atom is 0.293 e. The van der Waals surface area contributed by atoms with E-state index in [1.165, 1.54) is 33.4 Å². The summed E-state index contributed by atoms with van der Waals surface area (Å²) in [7, 11) is 0. The number of carbonyl (C=O) groups excluding carboxylic acids is 1. The molecule has 3 aromatic carbocycles. The van der Waals surface area contributed by atoms with Gasteiger partial charge < -0.3 is 9.84 Å². The third-order valence-corrected chi connectivity index (χ3v) is 8.12. The van der Waals surface area contributed by atoms with Gasteiger partial charge >= 0.3 is 0 Å². The van der Waals surface area contributed by atoms with E-state index in [0.717, 1.165) is 36.8 Å². The van der Waals surface area contributed by atoms with E-state index < -0.39 is 0 Å². The quantitative estimate of drug-likeness (QED) is 0.271. The van der Waals surface area contributed by atoms with Gasteiger partial charge in [-0.25, -0.2) is 0 Å². The number of hydrogen-bond donors (Lipinski definition) is 1. The van der Waals surface area contributed by atoms with Crippen molar-refractivity contribution in [2.24, 2.45) is 5.41 Å². The van der Waals surface area contributed by atoms with Crippen molar-refractivity contribution in [2.45, 2.75) is 92.3 Å². The largest absolute Gasteiger partial charge is 0.463 e. The first kappa shape index (κ1) is 28.7. The van der Waals surface area contributed by atoms with Gasteiger partial charge in [0.2, 0.25) is 0 Å². The zero-order valence-electron chi connectivity index (χ0n) is 23.7. The normalized spacial score (nSPS) is 12.9. The molecule has 0 saturated carbocycles. The minimum atomic E-state index is -0.309. The Labute approximate surface area is 223 Å². The molecular formula is C34H44O3. The van der Waals surface area contributed by atoms with Gasteiger partial charge in [-0.15, -0.1) is 0 Å². The van der Waals surface area contributed by atoms with Gasteiger partial charge in [0.1, 0.15) is 6.61 Å². The van der Waals surface area contributed by atoms with E-state index in [1.807, 2.05) is 12.1 Å². The third-order valence-electron chi connectivity index (χ3n) is 8.12. The zero-order valence-corrected chi connectivity index (χ0v) is 23.7. The number of aryl methyl sites for hydroxylation is 3. The topological polar surface area (TPSA) is 46.5 Å². The molecule has 0 radical (unpaired) electrons. The molecule has 3 nitrogen and oxygen atoms in total. The molecule has 0 fully saturated rings. The van der Waals surface area contributed by atoms with Crippen molar-refractivity contribution in [2.75, 3.05) is 0 Å². The summed E-state index contributed by atoms with van der Waals surface area (Å²) in [5.41, 5.74) is 9.71. The van der Waals surface area contributed by atoms with Crippen LogP contribution in [0.5, 0.6) is 0 Å². The summed E-state index contributed by atoms with van der Waals surface area (Å²) in [4.78, 5) is 10.6. The maximum atomic E-state index is 10.6. The Balaban J connectivity index is 1.92. The Kier molecular flexibility index (Phi) is 9.36. The summed E-state index contributed by atoms with van der Waals surface area (Å²) in [6, 6.07) is 22.0. The highest BCUT2D eigenvalue weighted by molar-refractivity contribution is 5.69. The SMILES string of the molecule is CCC(CC)(c1ccc(CCC(O)C(C)(C)C)c(C)c1)c1ccc(-c2cccc(COC=O)c2)c(C)c1. The molecule has 198 valence electrons. The highest BCUT2D eigenvalue weighted by Crippen LogP contribution is 2.41. The lowest BCUT2D eigenvalue weighted by molar-refractivity contribution is -0.129. The van der Waals surface area contributed by atoms with Crippen LogP contribution in [0.3, 0.4) is 0 Å². The van der Waals surface area contributed by atoms with Crippen LogP contribution in [-0.2, 0) is 28.0 Å². The van der Waals surface area contributed by atoms with E-state index in [2.05, 4.69) is 97.0 Å². The lowest BCUT2D eigenvalue weighted by Crippen LogP contribution is -2.27. The first-order chi connectivity index (χ1) is 17.6. The van der Waals surface area contributed by atoms with Gasteiger partial charge in [0.15, 0.2) is 0 Å². The molecule has 0 aromatic heterocycles. The Morgan fingerprint density at radius 3 is 2.11 bits per heavy atom. The highest BCUT2D eigenvalue weighted by Gasteiger charge is 2.31. The number of rotatable bonds is 11. The lowest BCUT2D eigenvalue weighted by atomic mass is 9.69. The van der Waals surface area contributed by atoms with Crippen LogP contribution in [-0.4, -0.2) is 17.7 Å². The highest BCUT2D eigenvalue weighted by atomic mass is 16.5. The van der Waals surface area contributed by atoms with Gasteiger partial charge in [-0.3, -0.25) is 4.79 Å². The van der Waals surface area contributed by atoms with Crippen molar-refractivity contribution in [3.05, 3.63) is 94.0 Å². The first-order valence-electron chi connectivity index (χ1n) is 13.6. The van der Waals surface area contributed by atoms with E-state index >= 15 is 0 Å². The molecule has 0 aliphatic heterocycles. The predicted molar refractivity (Wildman–Crippen MR) is 154 cm³/mol. The number of aliphatic hydroxyl groups excluding tert-OH is 1. The smallest absolute Gasteiger partial charge is 0.293 e. The standard InChI is InChI=1S/C34H44O3/c1-8-34(9-2,29-15-13-27(24(3)19-29)14-18-32(36)33(5,6)7)30-16-17-31(25(4)20-30)28-12-10-11-26(21-28)22-37-23-35/h10-13,15-17,19-21,23,32,36H,8-9,14,18,22H2,1-7H3. The van der Waals surface area contributed by atoms with Gasteiger partial charge in [-0.2, -0.15) is 0 Å². The van der Waals surface area contributed by atoms with Crippen LogP contribution in [0.1, 0.15) is 87.3 Å². The number of aliphatic hydroxyl groups is 1. The fourth-order valence-corrected chi connectivity index (χ4v) is 5.48. The van der Waals surface area contributed by atoms with E-state index in [9.17, 15) is 9.90 Å². The second-order valence-electron chi connectivity index (χ2n) is 11.5. The maximum absolute atomic E-state index is 10.6. The molecule has 0 bridgehead atoms. The van der Waals surface area contributed by atoms with E-state index in [1.54, 1.807) is 0 Å². The molecule has 0 aliphatic rings. The molecule has 0 aliphatic carbocycles. The molecule has 37 heavy (non-hydrogen) atoms. The number of benzene rings is 3. The van der Waals surface area contributed by atoms with Crippen molar-refractivity contribution in [3.63, 3.8) is 0 Å². The first-order valence-corrected chi connectivity index (χ1v) is 13.6. The summed E-state index contributed by atoms with van der Waals surface area (Å²) in [6.07, 6.45) is 3.39. The number of ether oxygens (including phenoxy) is 1. The van der Waals surface area contributed by atoms with Crippen molar-refractivity contribution >= 4 is 6.47 Å². The van der Waals surface area contributed by atoms with Gasteiger partial charge in [0, 0.05) is 5.41 Å². The van der Waals surface area contributed by atoms with Crippen molar-refractivity contribution in [1.29, 1.82) is 0 Å². The lowest BCUT2D eigenvalue weighted by Gasteiger charge is -2.34. The second kappa shape index (κ2) is 12.1. The average molecular weight is 501 g/mol. The van der Waals surface area contributed by atoms with Crippen LogP contribution in [0.15, 0.2) is 60.7 Å². The van der Waals surface area contributed by atoms with E-state index in [-0.39, 0.29) is 23.5 Å². The van der Waals surface area contributed by atoms with Gasteiger partial charge in [-0.1, -0.05) is 89.2 Å². The molecule has 0 saturated heterocycles.